The van der Waals surface area contributed by atoms with E-state index in [4.69, 9.17) is 5.73 Å². The lowest BCUT2D eigenvalue weighted by molar-refractivity contribution is 0.580. The van der Waals surface area contributed by atoms with E-state index in [-0.39, 0.29) is 21.6 Å². The van der Waals surface area contributed by atoms with E-state index in [1.165, 1.54) is 0 Å². The summed E-state index contributed by atoms with van der Waals surface area (Å²) in [6, 6.07) is 2.12. The first kappa shape index (κ1) is 15.9. The highest BCUT2D eigenvalue weighted by atomic mass is 79.9. The molecule has 0 fully saturated rings. The second kappa shape index (κ2) is 6.12. The molecule has 0 aliphatic carbocycles. The Hall–Kier alpha value is -1.45. The van der Waals surface area contributed by atoms with Gasteiger partial charge >= 0.3 is 0 Å². The van der Waals surface area contributed by atoms with Gasteiger partial charge < -0.3 is 5.73 Å². The van der Waals surface area contributed by atoms with Gasteiger partial charge in [-0.25, -0.2) is 17.5 Å². The number of nitrogen functional groups attached to an aromatic ring is 1. The van der Waals surface area contributed by atoms with Gasteiger partial charge in [0.2, 0.25) is 10.0 Å². The van der Waals surface area contributed by atoms with Crippen molar-refractivity contribution in [3.63, 3.8) is 0 Å². The molecule has 21 heavy (non-hydrogen) atoms. The molecule has 2 rings (SSSR count). The standard InChI is InChI=1S/C12H14BrFN4O2S/c1-18-7-8(6-16-18)2-3-17-21(19,20)12-5-11(15)10(14)4-9(12)13/h4-7,17H,2-3,15H2,1H3. The Balaban J connectivity index is 2.10. The number of aromatic nitrogens is 2. The van der Waals surface area contributed by atoms with E-state index in [1.807, 2.05) is 0 Å². The van der Waals surface area contributed by atoms with Crippen LogP contribution >= 0.6 is 15.9 Å². The van der Waals surface area contributed by atoms with Gasteiger partial charge in [-0.3, -0.25) is 4.68 Å². The monoisotopic (exact) mass is 376 g/mol. The zero-order valence-electron chi connectivity index (χ0n) is 11.2. The summed E-state index contributed by atoms with van der Waals surface area (Å²) in [5, 5.41) is 4.00. The summed E-state index contributed by atoms with van der Waals surface area (Å²) in [5.74, 6) is -0.670. The van der Waals surface area contributed by atoms with Gasteiger partial charge in [-0.05, 0) is 40.0 Å². The average molecular weight is 377 g/mol. The Morgan fingerprint density at radius 3 is 2.81 bits per heavy atom. The van der Waals surface area contributed by atoms with Crippen molar-refractivity contribution >= 4 is 31.6 Å². The summed E-state index contributed by atoms with van der Waals surface area (Å²) in [7, 11) is -1.98. The minimum Gasteiger partial charge on any atom is -0.396 e. The van der Waals surface area contributed by atoms with Gasteiger partial charge in [-0.1, -0.05) is 0 Å². The van der Waals surface area contributed by atoms with Crippen LogP contribution in [0.4, 0.5) is 10.1 Å². The molecule has 0 radical (unpaired) electrons. The molecule has 0 spiro atoms. The molecule has 0 aliphatic rings. The Kier molecular flexibility index (Phi) is 4.64. The highest BCUT2D eigenvalue weighted by Gasteiger charge is 2.19. The highest BCUT2D eigenvalue weighted by Crippen LogP contribution is 2.26. The van der Waals surface area contributed by atoms with Crippen molar-refractivity contribution in [1.82, 2.24) is 14.5 Å². The van der Waals surface area contributed by atoms with Crippen molar-refractivity contribution < 1.29 is 12.8 Å². The Bertz CT molecular complexity index is 761. The van der Waals surface area contributed by atoms with Crippen molar-refractivity contribution in [2.45, 2.75) is 11.3 Å². The molecule has 2 aromatic rings. The number of hydrogen-bond donors (Lipinski definition) is 2. The molecule has 0 saturated heterocycles. The molecule has 1 aromatic carbocycles. The van der Waals surface area contributed by atoms with Crippen LogP contribution in [0.15, 0.2) is 33.9 Å². The molecule has 0 amide bonds. The molecule has 0 atom stereocenters. The number of hydrogen-bond acceptors (Lipinski definition) is 4. The molecule has 1 heterocycles. The zero-order valence-corrected chi connectivity index (χ0v) is 13.6. The van der Waals surface area contributed by atoms with Crippen molar-refractivity contribution in [3.05, 3.63) is 40.4 Å². The van der Waals surface area contributed by atoms with Crippen molar-refractivity contribution in [3.8, 4) is 0 Å². The molecule has 0 unspecified atom stereocenters. The van der Waals surface area contributed by atoms with Gasteiger partial charge in [0.15, 0.2) is 0 Å². The quantitative estimate of drug-likeness (QED) is 0.772. The number of aryl methyl sites for hydroxylation is 1. The number of benzene rings is 1. The van der Waals surface area contributed by atoms with E-state index in [9.17, 15) is 12.8 Å². The molecule has 0 saturated carbocycles. The number of anilines is 1. The summed E-state index contributed by atoms with van der Waals surface area (Å²) in [6.07, 6.45) is 3.97. The van der Waals surface area contributed by atoms with E-state index in [0.717, 1.165) is 17.7 Å². The van der Waals surface area contributed by atoms with E-state index in [1.54, 1.807) is 24.1 Å². The third-order valence-corrected chi connectivity index (χ3v) is 5.22. The number of rotatable bonds is 5. The normalized spacial score (nSPS) is 11.8. The van der Waals surface area contributed by atoms with Crippen molar-refractivity contribution in [1.29, 1.82) is 0 Å². The maximum absolute atomic E-state index is 13.2. The number of nitrogens with two attached hydrogens (primary N) is 1. The van der Waals surface area contributed by atoms with Crippen LogP contribution < -0.4 is 10.5 Å². The first-order valence-electron chi connectivity index (χ1n) is 6.01. The third kappa shape index (κ3) is 3.80. The summed E-state index contributed by atoms with van der Waals surface area (Å²) in [5.41, 5.74) is 6.11. The Labute approximate surface area is 130 Å². The van der Waals surface area contributed by atoms with Crippen LogP contribution in [0.5, 0.6) is 0 Å². The molecule has 0 aliphatic heterocycles. The molecule has 6 nitrogen and oxygen atoms in total. The van der Waals surface area contributed by atoms with Gasteiger partial charge in [-0.2, -0.15) is 5.10 Å². The minimum absolute atomic E-state index is 0.0902. The highest BCUT2D eigenvalue weighted by molar-refractivity contribution is 9.10. The smallest absolute Gasteiger partial charge is 0.241 e. The number of nitrogens with one attached hydrogen (secondary N) is 1. The van der Waals surface area contributed by atoms with Gasteiger partial charge in [0, 0.05) is 24.3 Å². The largest absolute Gasteiger partial charge is 0.396 e. The Morgan fingerprint density at radius 1 is 1.48 bits per heavy atom. The van der Waals surface area contributed by atoms with Crippen molar-refractivity contribution in [2.24, 2.45) is 7.05 Å². The topological polar surface area (TPSA) is 90.0 Å². The second-order valence-corrected chi connectivity index (χ2v) is 7.06. The first-order valence-corrected chi connectivity index (χ1v) is 8.29. The van der Waals surface area contributed by atoms with Crippen LogP contribution in [0.2, 0.25) is 0 Å². The molecule has 114 valence electrons. The first-order chi connectivity index (χ1) is 9.79. The van der Waals surface area contributed by atoms with E-state index >= 15 is 0 Å². The maximum atomic E-state index is 13.2. The molecular formula is C12H14BrFN4O2S. The van der Waals surface area contributed by atoms with Crippen LogP contribution in [0.25, 0.3) is 0 Å². The molecule has 3 N–H and O–H groups in total. The van der Waals surface area contributed by atoms with Gasteiger partial charge in [0.05, 0.1) is 16.8 Å². The fourth-order valence-corrected chi connectivity index (χ4v) is 3.84. The van der Waals surface area contributed by atoms with Gasteiger partial charge in [0.25, 0.3) is 0 Å². The van der Waals surface area contributed by atoms with E-state index in [0.29, 0.717) is 6.42 Å². The second-order valence-electron chi connectivity index (χ2n) is 4.47. The third-order valence-electron chi connectivity index (χ3n) is 2.80. The number of nitrogens with zero attached hydrogens (tertiary/aromatic N) is 2. The lowest BCUT2D eigenvalue weighted by Gasteiger charge is -2.09. The summed E-state index contributed by atoms with van der Waals surface area (Å²) in [4.78, 5) is -0.0902. The van der Waals surface area contributed by atoms with Crippen LogP contribution in [0.1, 0.15) is 5.56 Å². The summed E-state index contributed by atoms with van der Waals surface area (Å²) < 4.78 is 41.8. The number of halogens is 2. The molecule has 9 heteroatoms. The van der Waals surface area contributed by atoms with E-state index in [2.05, 4.69) is 25.8 Å². The predicted octanol–water partition coefficient (Wildman–Crippen LogP) is 1.42. The number of sulfonamides is 1. The van der Waals surface area contributed by atoms with E-state index < -0.39 is 15.8 Å². The summed E-state index contributed by atoms with van der Waals surface area (Å²) >= 11 is 3.03. The van der Waals surface area contributed by atoms with Gasteiger partial charge in [0.1, 0.15) is 5.82 Å². The van der Waals surface area contributed by atoms with Crippen molar-refractivity contribution in [2.75, 3.05) is 12.3 Å². The SMILES string of the molecule is Cn1cc(CCNS(=O)(=O)c2cc(N)c(F)cc2Br)cn1. The lowest BCUT2D eigenvalue weighted by Crippen LogP contribution is -2.26. The predicted molar refractivity (Wildman–Crippen MR) is 80.6 cm³/mol. The van der Waals surface area contributed by atoms with Crippen LogP contribution in [-0.2, 0) is 23.5 Å². The van der Waals surface area contributed by atoms with Crippen LogP contribution in [0, 0.1) is 5.82 Å². The molecular weight excluding hydrogens is 363 g/mol. The maximum Gasteiger partial charge on any atom is 0.241 e. The van der Waals surface area contributed by atoms with Gasteiger partial charge in [-0.15, -0.1) is 0 Å². The summed E-state index contributed by atoms with van der Waals surface area (Å²) in [6.45, 7) is 0.206. The lowest BCUT2D eigenvalue weighted by atomic mass is 10.3. The fraction of sp³-hybridized carbons (Fsp3) is 0.250. The molecule has 0 bridgehead atoms. The van der Waals surface area contributed by atoms with Crippen LogP contribution in [-0.4, -0.2) is 24.7 Å². The average Bonchev–Trinajstić information content (AvgIpc) is 2.79. The van der Waals surface area contributed by atoms with Crippen LogP contribution in [0.3, 0.4) is 0 Å². The minimum atomic E-state index is -3.76. The Morgan fingerprint density at radius 2 is 2.19 bits per heavy atom. The fourth-order valence-electron chi connectivity index (χ4n) is 1.76. The molecule has 1 aromatic heterocycles. The zero-order chi connectivity index (χ0) is 15.6.